The highest BCUT2D eigenvalue weighted by molar-refractivity contribution is 6.42. The van der Waals surface area contributed by atoms with E-state index in [1.807, 2.05) is 13.1 Å². The van der Waals surface area contributed by atoms with Crippen molar-refractivity contribution in [1.82, 2.24) is 25.5 Å². The molecule has 1 saturated heterocycles. The Morgan fingerprint density at radius 3 is 2.86 bits per heavy atom. The number of aromatic amines is 1. The third-order valence-corrected chi connectivity index (χ3v) is 4.30. The molecule has 3 rings (SSSR count). The number of aromatic nitrogens is 4. The second kappa shape index (κ2) is 5.67. The fraction of sp³-hybridized carbons (Fsp3) is 0.417. The van der Waals surface area contributed by atoms with Gasteiger partial charge < -0.3 is 16.0 Å². The fourth-order valence-corrected chi connectivity index (χ4v) is 2.73. The molecule has 4 N–H and O–H groups in total. The Kier molecular flexibility index (Phi) is 3.88. The smallest absolute Gasteiger partial charge is 0.222 e. The number of nitrogens with one attached hydrogen (secondary N) is 2. The van der Waals surface area contributed by atoms with E-state index in [-0.39, 0.29) is 11.1 Å². The Labute approximate surface area is 131 Å². The summed E-state index contributed by atoms with van der Waals surface area (Å²) in [5.74, 6) is 0.955. The van der Waals surface area contributed by atoms with E-state index in [0.29, 0.717) is 22.5 Å². The zero-order valence-corrected chi connectivity index (χ0v) is 12.9. The molecule has 0 aromatic carbocycles. The van der Waals surface area contributed by atoms with Crippen LogP contribution in [0.5, 0.6) is 0 Å². The molecule has 1 aliphatic rings. The molecule has 2 aromatic heterocycles. The van der Waals surface area contributed by atoms with Crippen LogP contribution in [-0.4, -0.2) is 46.3 Å². The Morgan fingerprint density at radius 1 is 1.43 bits per heavy atom. The van der Waals surface area contributed by atoms with Crippen LogP contribution in [0, 0.1) is 0 Å². The Bertz CT molecular complexity index is 657. The quantitative estimate of drug-likeness (QED) is 0.791. The maximum atomic E-state index is 6.10. The topological polar surface area (TPSA) is 95.8 Å². The van der Waals surface area contributed by atoms with Gasteiger partial charge in [-0.25, -0.2) is 4.98 Å². The highest BCUT2D eigenvalue weighted by Gasteiger charge is 2.24. The van der Waals surface area contributed by atoms with Crippen molar-refractivity contribution in [3.8, 4) is 11.4 Å². The van der Waals surface area contributed by atoms with Crippen molar-refractivity contribution in [2.24, 2.45) is 0 Å². The summed E-state index contributed by atoms with van der Waals surface area (Å²) in [6, 6.07) is 2.28. The van der Waals surface area contributed by atoms with E-state index < -0.39 is 0 Å². The van der Waals surface area contributed by atoms with Crippen LogP contribution in [0.1, 0.15) is 6.42 Å². The highest BCUT2D eigenvalue weighted by atomic mass is 35.5. The van der Waals surface area contributed by atoms with Crippen molar-refractivity contribution in [3.63, 3.8) is 0 Å². The monoisotopic (exact) mass is 327 g/mol. The molecule has 7 nitrogen and oxygen atoms in total. The zero-order valence-electron chi connectivity index (χ0n) is 11.4. The van der Waals surface area contributed by atoms with Crippen molar-refractivity contribution >= 4 is 35.0 Å². The summed E-state index contributed by atoms with van der Waals surface area (Å²) >= 11 is 12.0. The van der Waals surface area contributed by atoms with Crippen LogP contribution in [0.15, 0.2) is 6.07 Å². The van der Waals surface area contributed by atoms with Gasteiger partial charge in [0.05, 0.1) is 5.69 Å². The van der Waals surface area contributed by atoms with Gasteiger partial charge in [-0.1, -0.05) is 23.2 Å². The van der Waals surface area contributed by atoms with Crippen LogP contribution in [0.4, 0.5) is 11.8 Å². The molecule has 112 valence electrons. The van der Waals surface area contributed by atoms with E-state index in [1.54, 1.807) is 0 Å². The third kappa shape index (κ3) is 2.76. The lowest BCUT2D eigenvalue weighted by atomic mass is 10.3. The van der Waals surface area contributed by atoms with Crippen molar-refractivity contribution in [2.75, 3.05) is 30.8 Å². The predicted octanol–water partition coefficient (Wildman–Crippen LogP) is 1.55. The summed E-state index contributed by atoms with van der Waals surface area (Å²) in [6.45, 7) is 1.79. The standard InChI is InChI=1S/C12H15Cl2N7/c1-16-6-2-3-21(5-6)8-4-7(17-12(15)18-8)10-9(13)11(14)20-19-10/h4,6,16H,2-3,5H2,1H3,(H,19,20)(H2,15,17,18)/t6-/m1/s1. The first-order valence-electron chi connectivity index (χ1n) is 6.55. The molecular formula is C12H15Cl2N7. The number of nitrogens with zero attached hydrogens (tertiary/aromatic N) is 4. The van der Waals surface area contributed by atoms with Gasteiger partial charge in [-0.3, -0.25) is 5.10 Å². The number of nitrogens with two attached hydrogens (primary N) is 1. The van der Waals surface area contributed by atoms with Crippen LogP contribution >= 0.6 is 23.2 Å². The molecule has 1 atom stereocenters. The van der Waals surface area contributed by atoms with E-state index in [9.17, 15) is 0 Å². The molecule has 21 heavy (non-hydrogen) atoms. The van der Waals surface area contributed by atoms with Gasteiger partial charge in [0, 0.05) is 25.2 Å². The largest absolute Gasteiger partial charge is 0.368 e. The molecule has 9 heteroatoms. The van der Waals surface area contributed by atoms with Crippen LogP contribution in [-0.2, 0) is 0 Å². The van der Waals surface area contributed by atoms with Gasteiger partial charge in [0.2, 0.25) is 5.95 Å². The number of hydrogen-bond donors (Lipinski definition) is 3. The van der Waals surface area contributed by atoms with Crippen LogP contribution < -0.4 is 16.0 Å². The third-order valence-electron chi connectivity index (χ3n) is 3.56. The van der Waals surface area contributed by atoms with Crippen molar-refractivity contribution < 1.29 is 0 Å². The molecule has 0 aliphatic carbocycles. The Morgan fingerprint density at radius 2 is 2.24 bits per heavy atom. The van der Waals surface area contributed by atoms with Gasteiger partial charge in [0.1, 0.15) is 21.7 Å². The number of halogens is 2. The van der Waals surface area contributed by atoms with Gasteiger partial charge in [0.15, 0.2) is 0 Å². The molecule has 0 saturated carbocycles. The molecule has 1 fully saturated rings. The normalized spacial score (nSPS) is 18.4. The summed E-state index contributed by atoms with van der Waals surface area (Å²) in [5.41, 5.74) is 6.84. The summed E-state index contributed by atoms with van der Waals surface area (Å²) in [5, 5.41) is 10.6. The fourth-order valence-electron chi connectivity index (χ4n) is 2.42. The molecule has 0 radical (unpaired) electrons. The van der Waals surface area contributed by atoms with Gasteiger partial charge in [0.25, 0.3) is 0 Å². The molecule has 1 aliphatic heterocycles. The summed E-state index contributed by atoms with van der Waals surface area (Å²) < 4.78 is 0. The van der Waals surface area contributed by atoms with E-state index in [0.717, 1.165) is 25.3 Å². The number of likely N-dealkylation sites (N-methyl/N-ethyl adjacent to an activating group) is 1. The first-order chi connectivity index (χ1) is 10.1. The van der Waals surface area contributed by atoms with Crippen molar-refractivity contribution in [3.05, 3.63) is 16.2 Å². The Hall–Kier alpha value is -1.57. The van der Waals surface area contributed by atoms with Gasteiger partial charge in [-0.05, 0) is 13.5 Å². The average molecular weight is 328 g/mol. The van der Waals surface area contributed by atoms with E-state index in [4.69, 9.17) is 28.9 Å². The van der Waals surface area contributed by atoms with Gasteiger partial charge >= 0.3 is 0 Å². The van der Waals surface area contributed by atoms with Crippen molar-refractivity contribution in [2.45, 2.75) is 12.5 Å². The van der Waals surface area contributed by atoms with Gasteiger partial charge in [-0.15, -0.1) is 0 Å². The minimum atomic E-state index is 0.186. The van der Waals surface area contributed by atoms with Crippen molar-refractivity contribution in [1.29, 1.82) is 0 Å². The second-order valence-corrected chi connectivity index (χ2v) is 5.65. The SMILES string of the molecule is CN[C@@H]1CCN(c2cc(-c3n[nH]c(Cl)c3Cl)nc(N)n2)C1. The second-order valence-electron chi connectivity index (χ2n) is 4.89. The minimum Gasteiger partial charge on any atom is -0.368 e. The van der Waals surface area contributed by atoms with Crippen LogP contribution in [0.2, 0.25) is 10.2 Å². The molecule has 0 spiro atoms. The number of anilines is 2. The molecule has 3 heterocycles. The lowest BCUT2D eigenvalue weighted by molar-refractivity contribution is 0.616. The number of rotatable bonds is 3. The molecular weight excluding hydrogens is 313 g/mol. The predicted molar refractivity (Wildman–Crippen MR) is 83.7 cm³/mol. The van der Waals surface area contributed by atoms with E-state index in [2.05, 4.69) is 30.4 Å². The molecule has 0 unspecified atom stereocenters. The summed E-state index contributed by atoms with van der Waals surface area (Å²) in [7, 11) is 1.96. The molecule has 0 bridgehead atoms. The average Bonchev–Trinajstić information content (AvgIpc) is 3.06. The van der Waals surface area contributed by atoms with E-state index >= 15 is 0 Å². The van der Waals surface area contributed by atoms with Gasteiger partial charge in [-0.2, -0.15) is 10.1 Å². The number of H-pyrrole nitrogens is 1. The highest BCUT2D eigenvalue weighted by Crippen LogP contribution is 2.32. The number of hydrogen-bond acceptors (Lipinski definition) is 6. The number of nitrogen functional groups attached to an aromatic ring is 1. The lowest BCUT2D eigenvalue weighted by Gasteiger charge is -2.18. The minimum absolute atomic E-state index is 0.186. The zero-order chi connectivity index (χ0) is 15.0. The Balaban J connectivity index is 1.95. The van der Waals surface area contributed by atoms with Crippen LogP contribution in [0.25, 0.3) is 11.4 Å². The van der Waals surface area contributed by atoms with E-state index in [1.165, 1.54) is 0 Å². The maximum absolute atomic E-state index is 6.10. The summed E-state index contributed by atoms with van der Waals surface area (Å²) in [4.78, 5) is 10.6. The lowest BCUT2D eigenvalue weighted by Crippen LogP contribution is -2.30. The first-order valence-corrected chi connectivity index (χ1v) is 7.30. The maximum Gasteiger partial charge on any atom is 0.222 e. The molecule has 0 amide bonds. The molecule has 2 aromatic rings. The van der Waals surface area contributed by atoms with Crippen LogP contribution in [0.3, 0.4) is 0 Å². The summed E-state index contributed by atoms with van der Waals surface area (Å²) in [6.07, 6.45) is 1.06. The first kappa shape index (κ1) is 14.4.